The van der Waals surface area contributed by atoms with Gasteiger partial charge in [-0.2, -0.15) is 0 Å². The maximum absolute atomic E-state index is 11.4. The maximum atomic E-state index is 11.4. The molecular formula is C28H35ClO5. The van der Waals surface area contributed by atoms with Crippen LogP contribution in [0.3, 0.4) is 0 Å². The second kappa shape index (κ2) is 9.44. The molecular weight excluding hydrogens is 452 g/mol. The molecule has 0 amide bonds. The van der Waals surface area contributed by atoms with E-state index in [1.165, 1.54) is 12.8 Å². The highest BCUT2D eigenvalue weighted by Crippen LogP contribution is 2.61. The van der Waals surface area contributed by atoms with Crippen LogP contribution in [0.5, 0.6) is 5.75 Å². The first kappa shape index (κ1) is 24.1. The molecule has 2 bridgehead atoms. The Morgan fingerprint density at radius 1 is 1.06 bits per heavy atom. The van der Waals surface area contributed by atoms with Gasteiger partial charge < -0.3 is 24.8 Å². The molecule has 0 heterocycles. The molecule has 0 saturated heterocycles. The molecule has 3 aliphatic rings. The summed E-state index contributed by atoms with van der Waals surface area (Å²) in [5.41, 5.74) is 1.54. The molecule has 0 radical (unpaired) electrons. The fraction of sp³-hybridized carbons (Fsp3) is 0.571. The zero-order valence-corrected chi connectivity index (χ0v) is 20.5. The van der Waals surface area contributed by atoms with Gasteiger partial charge in [0, 0.05) is 15.9 Å². The lowest BCUT2D eigenvalue weighted by molar-refractivity contribution is -0.0913. The van der Waals surface area contributed by atoms with E-state index >= 15 is 0 Å². The van der Waals surface area contributed by atoms with Gasteiger partial charge in [-0.25, -0.2) is 0 Å². The van der Waals surface area contributed by atoms with Crippen LogP contribution in [0.1, 0.15) is 62.1 Å². The van der Waals surface area contributed by atoms with Crippen LogP contribution in [0.2, 0.25) is 5.02 Å². The van der Waals surface area contributed by atoms with E-state index in [0.717, 1.165) is 35.3 Å². The minimum atomic E-state index is -0.793. The first-order valence-electron chi connectivity index (χ1n) is 12.5. The molecule has 3 saturated carbocycles. The van der Waals surface area contributed by atoms with Gasteiger partial charge in [0.25, 0.3) is 0 Å². The first-order chi connectivity index (χ1) is 16.3. The molecule has 6 heteroatoms. The molecule has 3 fully saturated rings. The van der Waals surface area contributed by atoms with Gasteiger partial charge in [-0.15, -0.1) is 0 Å². The third-order valence-corrected chi connectivity index (χ3v) is 8.77. The van der Waals surface area contributed by atoms with E-state index in [2.05, 4.69) is 0 Å². The predicted molar refractivity (Wildman–Crippen MR) is 131 cm³/mol. The van der Waals surface area contributed by atoms with Crippen LogP contribution in [0.15, 0.2) is 42.5 Å². The van der Waals surface area contributed by atoms with Crippen LogP contribution in [-0.2, 0) is 16.6 Å². The topological polar surface area (TPSA) is 79.2 Å². The quantitative estimate of drug-likeness (QED) is 0.458. The zero-order chi connectivity index (χ0) is 23.9. The summed E-state index contributed by atoms with van der Waals surface area (Å²) in [5, 5.41) is 33.8. The third kappa shape index (κ3) is 4.27. The summed E-state index contributed by atoms with van der Waals surface area (Å²) in [6, 6.07) is 13.8. The van der Waals surface area contributed by atoms with Crippen molar-refractivity contribution in [2.75, 3.05) is 13.2 Å². The molecule has 34 heavy (non-hydrogen) atoms. The second-order valence-corrected chi connectivity index (χ2v) is 10.9. The van der Waals surface area contributed by atoms with Crippen molar-refractivity contribution < 1.29 is 24.8 Å². The summed E-state index contributed by atoms with van der Waals surface area (Å²) in [6.45, 7) is 2.90. The number of aliphatic hydroxyl groups is 3. The molecule has 5 atom stereocenters. The molecule has 184 valence electrons. The average Bonchev–Trinajstić information content (AvgIpc) is 3.63. The van der Waals surface area contributed by atoms with Crippen LogP contribution >= 0.6 is 11.6 Å². The van der Waals surface area contributed by atoms with E-state index in [-0.39, 0.29) is 0 Å². The molecule has 2 aromatic rings. The molecule has 3 N–H and O–H groups in total. The molecule has 2 aromatic carbocycles. The monoisotopic (exact) mass is 486 g/mol. The summed E-state index contributed by atoms with van der Waals surface area (Å²) >= 11 is 6.58. The number of rotatable bonds is 9. The zero-order valence-electron chi connectivity index (χ0n) is 19.8. The summed E-state index contributed by atoms with van der Waals surface area (Å²) in [5.74, 6) is 0.816. The lowest BCUT2D eigenvalue weighted by Crippen LogP contribution is -2.53. The minimum absolute atomic E-state index is 0.414. The smallest absolute Gasteiger partial charge is 0.119 e. The number of hydrogen-bond acceptors (Lipinski definition) is 5. The SMILES string of the molecule is CC(O)C12CCCC(c3ccc(Cl)c(Cc4ccc(OCCOC5CC5)cc4)c3)(C(O)C1)C2O. The van der Waals surface area contributed by atoms with Gasteiger partial charge in [0.1, 0.15) is 12.4 Å². The largest absolute Gasteiger partial charge is 0.491 e. The van der Waals surface area contributed by atoms with Crippen molar-refractivity contribution in [3.8, 4) is 5.75 Å². The standard InChI is InChI=1S/C28H35ClO5/c1-18(30)27-11-2-12-28(26(27)32,25(31)17-27)21-5-10-24(29)20(16-21)15-19-3-6-22(7-4-19)33-13-14-34-23-8-9-23/h3-7,10,16,18,23,25-26,30-32H,2,8-9,11-15,17H2,1H3. The Morgan fingerprint density at radius 3 is 2.53 bits per heavy atom. The summed E-state index contributed by atoms with van der Waals surface area (Å²) in [4.78, 5) is 0. The van der Waals surface area contributed by atoms with Gasteiger partial charge in [-0.3, -0.25) is 0 Å². The predicted octanol–water partition coefficient (Wildman–Crippen LogP) is 4.40. The van der Waals surface area contributed by atoms with Crippen LogP contribution in [-0.4, -0.2) is 52.9 Å². The molecule has 5 nitrogen and oxygen atoms in total. The Hall–Kier alpha value is -1.63. The maximum Gasteiger partial charge on any atom is 0.119 e. The number of halogens is 1. The molecule has 5 rings (SSSR count). The van der Waals surface area contributed by atoms with Gasteiger partial charge >= 0.3 is 0 Å². The Balaban J connectivity index is 1.32. The van der Waals surface area contributed by atoms with Crippen LogP contribution in [0.25, 0.3) is 0 Å². The normalized spacial score (nSPS) is 31.4. The highest BCUT2D eigenvalue weighted by atomic mass is 35.5. The van der Waals surface area contributed by atoms with Crippen LogP contribution < -0.4 is 4.74 Å². The van der Waals surface area contributed by atoms with E-state index < -0.39 is 29.1 Å². The van der Waals surface area contributed by atoms with Gasteiger partial charge in [0.2, 0.25) is 0 Å². The van der Waals surface area contributed by atoms with Crippen molar-refractivity contribution in [2.45, 2.75) is 81.7 Å². The van der Waals surface area contributed by atoms with Crippen molar-refractivity contribution in [2.24, 2.45) is 5.41 Å². The van der Waals surface area contributed by atoms with Gasteiger partial charge in [0.15, 0.2) is 0 Å². The fourth-order valence-corrected chi connectivity index (χ4v) is 6.42. The number of ether oxygens (including phenoxy) is 2. The number of aliphatic hydroxyl groups excluding tert-OH is 3. The summed E-state index contributed by atoms with van der Waals surface area (Å²) in [6.07, 6.45) is 3.95. The Labute approximate surface area is 206 Å². The van der Waals surface area contributed by atoms with Crippen molar-refractivity contribution in [1.29, 1.82) is 0 Å². The van der Waals surface area contributed by atoms with Crippen LogP contribution in [0, 0.1) is 5.41 Å². The Kier molecular flexibility index (Phi) is 6.68. The number of benzene rings is 2. The summed E-state index contributed by atoms with van der Waals surface area (Å²) < 4.78 is 11.4. The summed E-state index contributed by atoms with van der Waals surface area (Å²) in [7, 11) is 0. The van der Waals surface area contributed by atoms with Crippen molar-refractivity contribution in [3.63, 3.8) is 0 Å². The number of fused-ring (bicyclic) bond motifs is 2. The van der Waals surface area contributed by atoms with E-state index in [1.54, 1.807) is 6.92 Å². The van der Waals surface area contributed by atoms with Gasteiger partial charge in [0.05, 0.1) is 31.0 Å². The molecule has 5 unspecified atom stereocenters. The fourth-order valence-electron chi connectivity index (χ4n) is 6.24. The second-order valence-electron chi connectivity index (χ2n) is 10.5. The van der Waals surface area contributed by atoms with Crippen molar-refractivity contribution in [3.05, 3.63) is 64.2 Å². The molecule has 0 aliphatic heterocycles. The van der Waals surface area contributed by atoms with E-state index in [0.29, 0.717) is 43.6 Å². The van der Waals surface area contributed by atoms with Crippen LogP contribution in [0.4, 0.5) is 0 Å². The number of hydrogen-bond donors (Lipinski definition) is 3. The Morgan fingerprint density at radius 2 is 1.82 bits per heavy atom. The van der Waals surface area contributed by atoms with E-state index in [9.17, 15) is 15.3 Å². The van der Waals surface area contributed by atoms with Crippen molar-refractivity contribution >= 4 is 11.6 Å². The van der Waals surface area contributed by atoms with Gasteiger partial charge in [-0.1, -0.05) is 42.3 Å². The molecule has 0 aromatic heterocycles. The minimum Gasteiger partial charge on any atom is -0.491 e. The highest BCUT2D eigenvalue weighted by Gasteiger charge is 2.65. The third-order valence-electron chi connectivity index (χ3n) is 8.40. The first-order valence-corrected chi connectivity index (χ1v) is 12.9. The lowest BCUT2D eigenvalue weighted by atomic mass is 9.61. The molecule has 0 spiro atoms. The van der Waals surface area contributed by atoms with Gasteiger partial charge in [-0.05, 0) is 80.3 Å². The van der Waals surface area contributed by atoms with E-state index in [4.69, 9.17) is 21.1 Å². The highest BCUT2D eigenvalue weighted by molar-refractivity contribution is 6.31. The lowest BCUT2D eigenvalue weighted by Gasteiger charge is -2.46. The van der Waals surface area contributed by atoms with Crippen molar-refractivity contribution in [1.82, 2.24) is 0 Å². The molecule has 3 aliphatic carbocycles. The van der Waals surface area contributed by atoms with E-state index in [1.807, 2.05) is 42.5 Å². The average molecular weight is 487 g/mol. The Bertz CT molecular complexity index is 1000.